The van der Waals surface area contributed by atoms with Crippen LogP contribution in [0, 0.1) is 0 Å². The summed E-state index contributed by atoms with van der Waals surface area (Å²) < 4.78 is 37.5. The number of carbonyl (C=O) groups is 2. The van der Waals surface area contributed by atoms with Crippen molar-refractivity contribution in [3.05, 3.63) is 66.2 Å². The normalized spacial score (nSPS) is 15.6. The van der Waals surface area contributed by atoms with E-state index in [1.54, 1.807) is 24.3 Å². The van der Waals surface area contributed by atoms with Crippen LogP contribution in [0.15, 0.2) is 65.6 Å². The number of fused-ring (bicyclic) bond motifs is 1. The fourth-order valence-corrected chi connectivity index (χ4v) is 5.04. The number of rotatable bonds is 6. The molecule has 34 heavy (non-hydrogen) atoms. The molecule has 1 fully saturated rings. The molecule has 0 saturated carbocycles. The second-order valence-corrected chi connectivity index (χ2v) is 9.74. The molecule has 1 heterocycles. The highest BCUT2D eigenvalue weighted by atomic mass is 32.2. The fourth-order valence-electron chi connectivity index (χ4n) is 3.58. The summed E-state index contributed by atoms with van der Waals surface area (Å²) >= 11 is 0. The maximum Gasteiger partial charge on any atom is 0.342 e. The van der Waals surface area contributed by atoms with E-state index in [4.69, 9.17) is 9.47 Å². The summed E-state index contributed by atoms with van der Waals surface area (Å²) in [7, 11) is -3.73. The molecule has 0 bridgehead atoms. The first kappa shape index (κ1) is 23.7. The van der Waals surface area contributed by atoms with Gasteiger partial charge in [0.2, 0.25) is 10.0 Å². The molecule has 1 aliphatic rings. The second-order valence-electron chi connectivity index (χ2n) is 7.80. The molecule has 4 rings (SSSR count). The molecular formula is C24H24N2O7S. The number of aromatic hydroxyl groups is 1. The van der Waals surface area contributed by atoms with Crippen LogP contribution in [0.25, 0.3) is 10.8 Å². The number of nitrogens with one attached hydrogen (secondary N) is 1. The molecule has 1 amide bonds. The van der Waals surface area contributed by atoms with Crippen LogP contribution in [-0.4, -0.2) is 62.1 Å². The summed E-state index contributed by atoms with van der Waals surface area (Å²) in [5.41, 5.74) is 0.188. The predicted octanol–water partition coefficient (Wildman–Crippen LogP) is 2.75. The van der Waals surface area contributed by atoms with E-state index >= 15 is 0 Å². The Kier molecular flexibility index (Phi) is 6.82. The molecule has 9 nitrogen and oxygen atoms in total. The molecule has 3 aromatic carbocycles. The van der Waals surface area contributed by atoms with E-state index < -0.39 is 28.0 Å². The van der Waals surface area contributed by atoms with Crippen molar-refractivity contribution in [1.82, 2.24) is 4.31 Å². The molecule has 178 valence electrons. The maximum atomic E-state index is 12.9. The molecule has 0 aromatic heterocycles. The van der Waals surface area contributed by atoms with Crippen molar-refractivity contribution in [3.8, 4) is 5.75 Å². The van der Waals surface area contributed by atoms with Gasteiger partial charge in [-0.1, -0.05) is 30.3 Å². The van der Waals surface area contributed by atoms with Gasteiger partial charge in [0, 0.05) is 18.8 Å². The average Bonchev–Trinajstić information content (AvgIpc) is 2.84. The molecule has 3 aromatic rings. The van der Waals surface area contributed by atoms with Crippen LogP contribution in [-0.2, 0) is 24.3 Å². The quantitative estimate of drug-likeness (QED) is 0.516. The average molecular weight is 485 g/mol. The lowest BCUT2D eigenvalue weighted by molar-refractivity contribution is -0.123. The lowest BCUT2D eigenvalue weighted by atomic mass is 10.1. The summed E-state index contributed by atoms with van der Waals surface area (Å²) in [6.45, 7) is 2.55. The molecule has 2 N–H and O–H groups in total. The second kappa shape index (κ2) is 9.80. The number of ether oxygens (including phenoxy) is 2. The van der Waals surface area contributed by atoms with Crippen LogP contribution in [0.3, 0.4) is 0 Å². The van der Waals surface area contributed by atoms with Gasteiger partial charge in [0.15, 0.2) is 6.10 Å². The zero-order valence-electron chi connectivity index (χ0n) is 18.4. The predicted molar refractivity (Wildman–Crippen MR) is 125 cm³/mol. The Morgan fingerprint density at radius 1 is 1.03 bits per heavy atom. The van der Waals surface area contributed by atoms with Crippen molar-refractivity contribution >= 4 is 38.4 Å². The third-order valence-electron chi connectivity index (χ3n) is 5.45. The van der Waals surface area contributed by atoms with Gasteiger partial charge in [-0.3, -0.25) is 4.79 Å². The van der Waals surface area contributed by atoms with Crippen LogP contribution in [0.5, 0.6) is 5.75 Å². The van der Waals surface area contributed by atoms with Gasteiger partial charge in [0.05, 0.1) is 18.1 Å². The summed E-state index contributed by atoms with van der Waals surface area (Å²) in [6.07, 6.45) is -1.20. The number of amides is 1. The molecule has 1 atom stereocenters. The molecule has 0 spiro atoms. The molecule has 10 heteroatoms. The Balaban J connectivity index is 1.44. The highest BCUT2D eigenvalue weighted by Crippen LogP contribution is 2.26. The number of anilines is 1. The number of hydrogen-bond acceptors (Lipinski definition) is 7. The summed E-state index contributed by atoms with van der Waals surface area (Å²) in [4.78, 5) is 25.2. The third kappa shape index (κ3) is 5.04. The monoisotopic (exact) mass is 484 g/mol. The van der Waals surface area contributed by atoms with Gasteiger partial charge in [-0.15, -0.1) is 0 Å². The number of nitrogens with zero attached hydrogens (tertiary/aromatic N) is 1. The minimum absolute atomic E-state index is 0.0398. The Morgan fingerprint density at radius 3 is 2.41 bits per heavy atom. The van der Waals surface area contributed by atoms with E-state index in [1.807, 2.05) is 6.07 Å². The van der Waals surface area contributed by atoms with E-state index in [1.165, 1.54) is 41.6 Å². The van der Waals surface area contributed by atoms with Gasteiger partial charge in [-0.05, 0) is 48.0 Å². The number of hydrogen-bond donors (Lipinski definition) is 2. The number of morpholine rings is 1. The number of phenolic OH excluding ortho intramolecular Hbond substituents is 1. The fraction of sp³-hybridized carbons (Fsp3) is 0.250. The first-order valence-electron chi connectivity index (χ1n) is 10.7. The van der Waals surface area contributed by atoms with Crippen molar-refractivity contribution in [3.63, 3.8) is 0 Å². The number of carbonyl (C=O) groups excluding carboxylic acids is 2. The van der Waals surface area contributed by atoms with E-state index in [-0.39, 0.29) is 35.0 Å². The Labute approximate surface area is 196 Å². The molecule has 1 aliphatic heterocycles. The van der Waals surface area contributed by atoms with Gasteiger partial charge in [0.25, 0.3) is 5.91 Å². The first-order valence-corrected chi connectivity index (χ1v) is 12.1. The topological polar surface area (TPSA) is 122 Å². The van der Waals surface area contributed by atoms with E-state index in [9.17, 15) is 23.1 Å². The zero-order chi connectivity index (χ0) is 24.3. The maximum absolute atomic E-state index is 12.9. The van der Waals surface area contributed by atoms with Gasteiger partial charge in [-0.25, -0.2) is 13.2 Å². The van der Waals surface area contributed by atoms with E-state index in [0.29, 0.717) is 13.2 Å². The van der Waals surface area contributed by atoms with Crippen LogP contribution >= 0.6 is 0 Å². The lowest BCUT2D eigenvalue weighted by Gasteiger charge is -2.26. The van der Waals surface area contributed by atoms with Crippen molar-refractivity contribution in [2.24, 2.45) is 0 Å². The number of benzene rings is 3. The van der Waals surface area contributed by atoms with Crippen molar-refractivity contribution in [2.75, 3.05) is 31.6 Å². The smallest absolute Gasteiger partial charge is 0.342 e. The molecule has 0 radical (unpaired) electrons. The zero-order valence-corrected chi connectivity index (χ0v) is 19.2. The van der Waals surface area contributed by atoms with Crippen LogP contribution in [0.2, 0.25) is 0 Å². The Bertz CT molecular complexity index is 1330. The van der Waals surface area contributed by atoms with E-state index in [0.717, 1.165) is 10.8 Å². The summed E-state index contributed by atoms with van der Waals surface area (Å²) in [5.74, 6) is -1.75. The SMILES string of the molecule is C[C@H](OC(=O)c1cc2ccccc2cc1O)C(=O)Nc1cccc(S(=O)(=O)N2CCOCC2)c1. The van der Waals surface area contributed by atoms with Crippen molar-refractivity contribution < 1.29 is 32.6 Å². The van der Waals surface area contributed by atoms with Gasteiger partial charge in [-0.2, -0.15) is 4.31 Å². The summed E-state index contributed by atoms with van der Waals surface area (Å²) in [5, 5.41) is 14.3. The molecule has 1 saturated heterocycles. The molecule has 0 unspecified atom stereocenters. The highest BCUT2D eigenvalue weighted by Gasteiger charge is 2.27. The van der Waals surface area contributed by atoms with Gasteiger partial charge >= 0.3 is 5.97 Å². The number of sulfonamides is 1. The Morgan fingerprint density at radius 2 is 1.71 bits per heavy atom. The van der Waals surface area contributed by atoms with Crippen molar-refractivity contribution in [1.29, 1.82) is 0 Å². The standard InChI is InChI=1S/C24H24N2O7S/c1-16(33-24(29)21-13-17-5-2-3-6-18(17)14-22(21)27)23(28)25-19-7-4-8-20(15-19)34(30,31)26-9-11-32-12-10-26/h2-8,13-16,27H,9-12H2,1H3,(H,25,28)/t16-/m0/s1. The van der Waals surface area contributed by atoms with Crippen LogP contribution in [0.4, 0.5) is 5.69 Å². The Hall–Kier alpha value is -3.47. The van der Waals surface area contributed by atoms with Gasteiger partial charge < -0.3 is 19.9 Å². The minimum Gasteiger partial charge on any atom is -0.507 e. The number of esters is 1. The first-order chi connectivity index (χ1) is 16.3. The highest BCUT2D eigenvalue weighted by molar-refractivity contribution is 7.89. The number of phenols is 1. The van der Waals surface area contributed by atoms with Gasteiger partial charge in [0.1, 0.15) is 11.3 Å². The molecular weight excluding hydrogens is 460 g/mol. The van der Waals surface area contributed by atoms with Crippen LogP contribution < -0.4 is 5.32 Å². The summed E-state index contributed by atoms with van der Waals surface area (Å²) in [6, 6.07) is 16.0. The minimum atomic E-state index is -3.73. The van der Waals surface area contributed by atoms with Crippen LogP contribution in [0.1, 0.15) is 17.3 Å². The van der Waals surface area contributed by atoms with Crippen molar-refractivity contribution in [2.45, 2.75) is 17.9 Å². The molecule has 0 aliphatic carbocycles. The van der Waals surface area contributed by atoms with E-state index in [2.05, 4.69) is 5.32 Å². The third-order valence-corrected chi connectivity index (χ3v) is 7.34. The lowest BCUT2D eigenvalue weighted by Crippen LogP contribution is -2.40. The largest absolute Gasteiger partial charge is 0.507 e.